The van der Waals surface area contributed by atoms with Crippen molar-refractivity contribution < 1.29 is 13.2 Å². The molecule has 3 aromatic rings. The van der Waals surface area contributed by atoms with Gasteiger partial charge in [-0.15, -0.1) is 0 Å². The van der Waals surface area contributed by atoms with Crippen molar-refractivity contribution in [3.05, 3.63) is 35.2 Å². The number of halogens is 4. The molecule has 1 aromatic carbocycles. The van der Waals surface area contributed by atoms with Gasteiger partial charge in [0.15, 0.2) is 5.15 Å². The topological polar surface area (TPSA) is 37.2 Å². The third-order valence-corrected chi connectivity index (χ3v) is 5.59. The molecule has 5 nitrogen and oxygen atoms in total. The van der Waals surface area contributed by atoms with Crippen LogP contribution in [-0.2, 0) is 13.1 Å². The van der Waals surface area contributed by atoms with Gasteiger partial charge in [0.2, 0.25) is 0 Å². The standard InChI is InChI=1S/C19H21ClF3N5/c1-2-26-5-7-27(8-6-26)10-13-3-4-15-14(9-13)16-17(18(20)25-12-24-16)28(15)11-19(21,22)23/h3-4,9,12H,2,5-8,10-11H2,1H3. The van der Waals surface area contributed by atoms with E-state index in [0.29, 0.717) is 16.4 Å². The Bertz CT molecular complexity index is 993. The molecule has 1 fully saturated rings. The molecule has 9 heteroatoms. The molecule has 1 aliphatic heterocycles. The van der Waals surface area contributed by atoms with E-state index in [-0.39, 0.29) is 10.7 Å². The summed E-state index contributed by atoms with van der Waals surface area (Å²) in [6.07, 6.45) is -3.08. The molecule has 2 aromatic heterocycles. The van der Waals surface area contributed by atoms with E-state index < -0.39 is 12.7 Å². The van der Waals surface area contributed by atoms with Crippen LogP contribution in [0.5, 0.6) is 0 Å². The number of fused-ring (bicyclic) bond motifs is 3. The van der Waals surface area contributed by atoms with Crippen LogP contribution in [0.15, 0.2) is 24.5 Å². The Labute approximate surface area is 165 Å². The minimum absolute atomic E-state index is 0.0303. The molecule has 28 heavy (non-hydrogen) atoms. The summed E-state index contributed by atoms with van der Waals surface area (Å²) in [6, 6.07) is 5.55. The Balaban J connectivity index is 1.71. The Morgan fingerprint density at radius 2 is 1.79 bits per heavy atom. The van der Waals surface area contributed by atoms with Crippen molar-refractivity contribution >= 4 is 33.5 Å². The predicted molar refractivity (Wildman–Crippen MR) is 103 cm³/mol. The number of alkyl halides is 3. The van der Waals surface area contributed by atoms with Gasteiger partial charge in [0.1, 0.15) is 23.9 Å². The molecule has 0 spiro atoms. The van der Waals surface area contributed by atoms with Gasteiger partial charge in [-0.1, -0.05) is 24.6 Å². The minimum Gasteiger partial charge on any atom is -0.327 e. The Morgan fingerprint density at radius 3 is 2.46 bits per heavy atom. The number of nitrogens with zero attached hydrogens (tertiary/aromatic N) is 5. The van der Waals surface area contributed by atoms with E-state index in [1.165, 1.54) is 6.33 Å². The molecule has 0 N–H and O–H groups in total. The molecule has 4 rings (SSSR count). The van der Waals surface area contributed by atoms with Crippen LogP contribution in [0.25, 0.3) is 21.9 Å². The molecule has 0 amide bonds. The zero-order valence-electron chi connectivity index (χ0n) is 15.5. The van der Waals surface area contributed by atoms with E-state index in [2.05, 4.69) is 26.7 Å². The summed E-state index contributed by atoms with van der Waals surface area (Å²) in [5, 5.41) is 0.705. The summed E-state index contributed by atoms with van der Waals surface area (Å²) in [6.45, 7) is 6.88. The van der Waals surface area contributed by atoms with Crippen LogP contribution in [0, 0.1) is 0 Å². The molecule has 3 heterocycles. The number of benzene rings is 1. The van der Waals surface area contributed by atoms with E-state index in [1.807, 2.05) is 12.1 Å². The first-order chi connectivity index (χ1) is 13.4. The summed E-state index contributed by atoms with van der Waals surface area (Å²) in [5.41, 5.74) is 2.20. The van der Waals surface area contributed by atoms with Crippen LogP contribution in [0.1, 0.15) is 12.5 Å². The van der Waals surface area contributed by atoms with Crippen LogP contribution < -0.4 is 0 Å². The number of rotatable bonds is 4. The second-order valence-electron chi connectivity index (χ2n) is 7.12. The number of aromatic nitrogens is 3. The van der Waals surface area contributed by atoms with Gasteiger partial charge in [-0.05, 0) is 24.2 Å². The Morgan fingerprint density at radius 1 is 1.07 bits per heavy atom. The molecule has 0 atom stereocenters. The van der Waals surface area contributed by atoms with E-state index in [1.54, 1.807) is 6.07 Å². The molecule has 0 aliphatic carbocycles. The van der Waals surface area contributed by atoms with Crippen molar-refractivity contribution in [2.45, 2.75) is 26.2 Å². The van der Waals surface area contributed by atoms with Crippen molar-refractivity contribution in [3.8, 4) is 0 Å². The molecule has 0 unspecified atom stereocenters. The van der Waals surface area contributed by atoms with Gasteiger partial charge in [-0.3, -0.25) is 4.90 Å². The molecular formula is C19H21ClF3N5. The predicted octanol–water partition coefficient (Wildman–Crippen LogP) is 3.94. The normalized spacial score (nSPS) is 17.0. The first-order valence-corrected chi connectivity index (χ1v) is 9.66. The molecule has 1 saturated heterocycles. The van der Waals surface area contributed by atoms with Crippen LogP contribution in [0.4, 0.5) is 13.2 Å². The number of hydrogen-bond acceptors (Lipinski definition) is 4. The molecular weight excluding hydrogens is 391 g/mol. The molecule has 0 saturated carbocycles. The third-order valence-electron chi connectivity index (χ3n) is 5.31. The summed E-state index contributed by atoms with van der Waals surface area (Å²) in [5.74, 6) is 0. The lowest BCUT2D eigenvalue weighted by Gasteiger charge is -2.34. The smallest absolute Gasteiger partial charge is 0.327 e. The van der Waals surface area contributed by atoms with Gasteiger partial charge in [-0.25, -0.2) is 9.97 Å². The quantitative estimate of drug-likeness (QED) is 0.609. The van der Waals surface area contributed by atoms with Crippen molar-refractivity contribution in [3.63, 3.8) is 0 Å². The van der Waals surface area contributed by atoms with Crippen LogP contribution in [0.3, 0.4) is 0 Å². The van der Waals surface area contributed by atoms with E-state index in [9.17, 15) is 13.2 Å². The highest BCUT2D eigenvalue weighted by atomic mass is 35.5. The summed E-state index contributed by atoms with van der Waals surface area (Å²) in [7, 11) is 0. The van der Waals surface area contributed by atoms with Crippen molar-refractivity contribution in [1.29, 1.82) is 0 Å². The molecule has 0 radical (unpaired) electrons. The van der Waals surface area contributed by atoms with Crippen molar-refractivity contribution in [2.24, 2.45) is 0 Å². The highest BCUT2D eigenvalue weighted by Gasteiger charge is 2.31. The minimum atomic E-state index is -4.37. The maximum absolute atomic E-state index is 13.1. The summed E-state index contributed by atoms with van der Waals surface area (Å²) < 4.78 is 40.6. The Kier molecular flexibility index (Phi) is 5.20. The molecule has 1 aliphatic rings. The highest BCUT2D eigenvalue weighted by molar-refractivity contribution is 6.34. The van der Waals surface area contributed by atoms with Gasteiger partial charge in [0.05, 0.1) is 5.52 Å². The van der Waals surface area contributed by atoms with Crippen LogP contribution >= 0.6 is 11.6 Å². The van der Waals surface area contributed by atoms with Crippen LogP contribution in [0.2, 0.25) is 5.15 Å². The zero-order valence-corrected chi connectivity index (χ0v) is 16.3. The number of piperazine rings is 1. The number of likely N-dealkylation sites (N-methyl/N-ethyl adjacent to an activating group) is 1. The highest BCUT2D eigenvalue weighted by Crippen LogP contribution is 2.34. The number of hydrogen-bond donors (Lipinski definition) is 0. The van der Waals surface area contributed by atoms with Gasteiger partial charge in [0, 0.05) is 38.1 Å². The average Bonchev–Trinajstić information content (AvgIpc) is 2.95. The lowest BCUT2D eigenvalue weighted by Crippen LogP contribution is -2.45. The second kappa shape index (κ2) is 7.50. The summed E-state index contributed by atoms with van der Waals surface area (Å²) >= 11 is 6.13. The van der Waals surface area contributed by atoms with Crippen LogP contribution in [-0.4, -0.2) is 63.2 Å². The van der Waals surface area contributed by atoms with Gasteiger partial charge in [-0.2, -0.15) is 13.2 Å². The van der Waals surface area contributed by atoms with E-state index in [0.717, 1.165) is 49.4 Å². The maximum Gasteiger partial charge on any atom is 0.406 e. The van der Waals surface area contributed by atoms with Crippen molar-refractivity contribution in [1.82, 2.24) is 24.3 Å². The van der Waals surface area contributed by atoms with Crippen molar-refractivity contribution in [2.75, 3.05) is 32.7 Å². The lowest BCUT2D eigenvalue weighted by atomic mass is 10.1. The Hall–Kier alpha value is -1.90. The monoisotopic (exact) mass is 411 g/mol. The first kappa shape index (κ1) is 19.4. The zero-order chi connectivity index (χ0) is 19.9. The maximum atomic E-state index is 13.1. The average molecular weight is 412 g/mol. The molecule has 0 bridgehead atoms. The van der Waals surface area contributed by atoms with E-state index >= 15 is 0 Å². The summed E-state index contributed by atoms with van der Waals surface area (Å²) in [4.78, 5) is 12.9. The largest absolute Gasteiger partial charge is 0.406 e. The second-order valence-corrected chi connectivity index (χ2v) is 7.48. The van der Waals surface area contributed by atoms with E-state index in [4.69, 9.17) is 11.6 Å². The fourth-order valence-electron chi connectivity index (χ4n) is 3.89. The fourth-order valence-corrected chi connectivity index (χ4v) is 4.12. The lowest BCUT2D eigenvalue weighted by molar-refractivity contribution is -0.139. The van der Waals surface area contributed by atoms with Gasteiger partial charge < -0.3 is 9.47 Å². The fraction of sp³-hybridized carbons (Fsp3) is 0.474. The first-order valence-electron chi connectivity index (χ1n) is 9.28. The SMILES string of the molecule is CCN1CCN(Cc2ccc3c(c2)c2ncnc(Cl)c2n3CC(F)(F)F)CC1. The third kappa shape index (κ3) is 3.81. The van der Waals surface area contributed by atoms with Gasteiger partial charge in [0.25, 0.3) is 0 Å². The molecule has 150 valence electrons. The van der Waals surface area contributed by atoms with Gasteiger partial charge >= 0.3 is 6.18 Å².